The van der Waals surface area contributed by atoms with Crippen molar-refractivity contribution in [2.45, 2.75) is 20.8 Å². The van der Waals surface area contributed by atoms with Crippen LogP contribution >= 0.6 is 0 Å². The van der Waals surface area contributed by atoms with Gasteiger partial charge in [-0.25, -0.2) is 4.79 Å². The Morgan fingerprint density at radius 3 is 1.40 bits per heavy atom. The van der Waals surface area contributed by atoms with Crippen LogP contribution in [-0.2, 0) is 4.79 Å². The van der Waals surface area contributed by atoms with Gasteiger partial charge in [-0.1, -0.05) is 62.3 Å². The second-order valence-corrected chi connectivity index (χ2v) is 3.27. The Balaban J connectivity index is -0.0000000862. The van der Waals surface area contributed by atoms with E-state index in [1.54, 1.807) is 12.1 Å². The molecule has 0 aromatic rings. The van der Waals surface area contributed by atoms with E-state index in [4.69, 9.17) is 10.4 Å². The number of hydrogen-bond donors (Lipinski definition) is 1. The highest BCUT2D eigenvalue weighted by Gasteiger charge is 1.73. The van der Waals surface area contributed by atoms with E-state index >= 15 is 0 Å². The van der Waals surface area contributed by atoms with E-state index in [9.17, 15) is 4.79 Å². The number of rotatable bonds is 3. The van der Waals surface area contributed by atoms with Crippen LogP contribution < -0.4 is 0 Å². The maximum Gasteiger partial charge on any atom is 0.327 e. The smallest absolute Gasteiger partial charge is 0.327 e. The Bertz CT molecular complexity index is 364. The molecule has 0 aliphatic carbocycles. The summed E-state index contributed by atoms with van der Waals surface area (Å²) in [7, 11) is 0. The third-order valence-corrected chi connectivity index (χ3v) is 1.07. The molecule has 0 bridgehead atoms. The maximum absolute atomic E-state index is 9.25. The van der Waals surface area contributed by atoms with Gasteiger partial charge in [0, 0.05) is 12.2 Å². The number of carboxylic acid groups (broad SMARTS) is 1. The zero-order chi connectivity index (χ0) is 17.0. The molecule has 0 unspecified atom stereocenters. The number of carboxylic acids is 1. The predicted molar refractivity (Wildman–Crippen MR) is 88.3 cm³/mol. The van der Waals surface area contributed by atoms with E-state index in [0.29, 0.717) is 0 Å². The minimum Gasteiger partial charge on any atom is -0.478 e. The summed E-state index contributed by atoms with van der Waals surface area (Å²) >= 11 is 0. The molecule has 110 valence electrons. The van der Waals surface area contributed by atoms with Crippen molar-refractivity contribution in [3.8, 4) is 6.07 Å². The van der Waals surface area contributed by atoms with E-state index in [1.165, 1.54) is 6.08 Å². The van der Waals surface area contributed by atoms with Crippen molar-refractivity contribution in [2.75, 3.05) is 0 Å². The lowest BCUT2D eigenvalue weighted by Gasteiger charge is -1.75. The largest absolute Gasteiger partial charge is 0.478 e. The third-order valence-electron chi connectivity index (χ3n) is 1.07. The fraction of sp³-hybridized carbons (Fsp3) is 0.176. The highest BCUT2D eigenvalue weighted by molar-refractivity contribution is 5.78. The first kappa shape index (κ1) is 26.1. The van der Waals surface area contributed by atoms with Gasteiger partial charge >= 0.3 is 5.97 Å². The second-order valence-electron chi connectivity index (χ2n) is 3.27. The van der Waals surface area contributed by atoms with Gasteiger partial charge in [0.2, 0.25) is 0 Å². The van der Waals surface area contributed by atoms with Crippen molar-refractivity contribution in [1.29, 1.82) is 5.26 Å². The number of allylic oxidation sites excluding steroid dienone is 6. The molecule has 0 rings (SSSR count). The van der Waals surface area contributed by atoms with Gasteiger partial charge in [-0.2, -0.15) is 5.26 Å². The molecular weight excluding hydrogens is 250 g/mol. The van der Waals surface area contributed by atoms with E-state index in [0.717, 1.165) is 17.2 Å². The molecule has 0 fully saturated rings. The van der Waals surface area contributed by atoms with Crippen LogP contribution in [0.1, 0.15) is 20.8 Å². The SMILES string of the molecule is C=C(C)C=CC.C=CC#N.C=CC(=C)C.C=CC(=O)O. The quantitative estimate of drug-likeness (QED) is 0.455. The molecule has 0 heterocycles. The van der Waals surface area contributed by atoms with Crippen LogP contribution in [0.25, 0.3) is 0 Å². The Morgan fingerprint density at radius 2 is 1.40 bits per heavy atom. The predicted octanol–water partition coefficient (Wildman–Crippen LogP) is 4.84. The molecular formula is C17H25NO2. The Labute approximate surface area is 123 Å². The van der Waals surface area contributed by atoms with Gasteiger partial charge < -0.3 is 5.11 Å². The molecule has 3 heteroatoms. The van der Waals surface area contributed by atoms with Crippen LogP contribution in [0.4, 0.5) is 0 Å². The van der Waals surface area contributed by atoms with E-state index < -0.39 is 5.97 Å². The molecule has 0 amide bonds. The highest BCUT2D eigenvalue weighted by Crippen LogP contribution is 1.85. The minimum absolute atomic E-state index is 0.833. The molecule has 20 heavy (non-hydrogen) atoms. The molecule has 1 N–H and O–H groups in total. The van der Waals surface area contributed by atoms with Crippen molar-refractivity contribution in [2.24, 2.45) is 0 Å². The van der Waals surface area contributed by atoms with Gasteiger partial charge in [0.25, 0.3) is 0 Å². The van der Waals surface area contributed by atoms with Crippen LogP contribution in [0.2, 0.25) is 0 Å². The lowest BCUT2D eigenvalue weighted by atomic mass is 10.3. The molecule has 0 aromatic heterocycles. The van der Waals surface area contributed by atoms with Crippen LogP contribution in [0.5, 0.6) is 0 Å². The van der Waals surface area contributed by atoms with Crippen molar-refractivity contribution in [1.82, 2.24) is 0 Å². The van der Waals surface area contributed by atoms with Gasteiger partial charge in [0.15, 0.2) is 0 Å². The number of nitriles is 1. The van der Waals surface area contributed by atoms with E-state index in [1.807, 2.05) is 32.9 Å². The lowest BCUT2D eigenvalue weighted by Crippen LogP contribution is -1.82. The first-order valence-corrected chi connectivity index (χ1v) is 5.65. The standard InChI is InChI=1S/C6H10.C5H8.C3H3N.C3H4O2/c1-4-5-6(2)3;1-4-5(2)3;1-2-3-4;1-2-3(4)5/h4-5H,2H2,1,3H3;4H,1-2H2,3H3;2H,1H2;2H,1H2,(H,4,5). The van der Waals surface area contributed by atoms with Crippen LogP contribution in [-0.4, -0.2) is 11.1 Å². The summed E-state index contributed by atoms with van der Waals surface area (Å²) < 4.78 is 0. The van der Waals surface area contributed by atoms with Gasteiger partial charge in [-0.05, 0) is 20.8 Å². The normalized spacial score (nSPS) is 6.90. The molecule has 0 spiro atoms. The first-order valence-electron chi connectivity index (χ1n) is 5.65. The molecule has 0 aromatic carbocycles. The summed E-state index contributed by atoms with van der Waals surface area (Å²) in [6, 6.07) is 1.69. The summed E-state index contributed by atoms with van der Waals surface area (Å²) in [5.74, 6) is -0.981. The molecule has 0 radical (unpaired) electrons. The number of aliphatic carboxylic acids is 1. The Hall–Kier alpha value is -2.60. The van der Waals surface area contributed by atoms with E-state index in [2.05, 4.69) is 32.9 Å². The molecule has 0 aliphatic rings. The highest BCUT2D eigenvalue weighted by atomic mass is 16.4. The van der Waals surface area contributed by atoms with E-state index in [-0.39, 0.29) is 0 Å². The number of nitrogens with zero attached hydrogens (tertiary/aromatic N) is 1. The number of carbonyl (C=O) groups is 1. The molecule has 3 nitrogen and oxygen atoms in total. The van der Waals surface area contributed by atoms with Crippen LogP contribution in [0.3, 0.4) is 0 Å². The van der Waals surface area contributed by atoms with Gasteiger partial charge in [0.1, 0.15) is 0 Å². The molecule has 0 saturated heterocycles. The zero-order valence-corrected chi connectivity index (χ0v) is 12.7. The van der Waals surface area contributed by atoms with Crippen LogP contribution in [0, 0.1) is 11.3 Å². The first-order chi connectivity index (χ1) is 9.22. The summed E-state index contributed by atoms with van der Waals surface area (Å²) in [6.07, 6.45) is 7.68. The second kappa shape index (κ2) is 25.3. The average Bonchev–Trinajstić information content (AvgIpc) is 2.40. The summed E-state index contributed by atoms with van der Waals surface area (Å²) in [5.41, 5.74) is 2.13. The minimum atomic E-state index is -0.981. The maximum atomic E-state index is 9.25. The van der Waals surface area contributed by atoms with Crippen molar-refractivity contribution < 1.29 is 9.90 Å². The Kier molecular flexibility index (Phi) is 33.0. The van der Waals surface area contributed by atoms with Gasteiger partial charge in [-0.3, -0.25) is 0 Å². The summed E-state index contributed by atoms with van der Waals surface area (Å²) in [5, 5.41) is 15.1. The van der Waals surface area contributed by atoms with Crippen molar-refractivity contribution >= 4 is 5.97 Å². The molecule has 0 saturated carbocycles. The average molecular weight is 275 g/mol. The van der Waals surface area contributed by atoms with Crippen molar-refractivity contribution in [3.63, 3.8) is 0 Å². The molecule has 0 aliphatic heterocycles. The monoisotopic (exact) mass is 275 g/mol. The zero-order valence-electron chi connectivity index (χ0n) is 12.7. The van der Waals surface area contributed by atoms with Crippen molar-refractivity contribution in [3.05, 3.63) is 74.4 Å². The summed E-state index contributed by atoms with van der Waals surface area (Å²) in [4.78, 5) is 9.25. The summed E-state index contributed by atoms with van der Waals surface area (Å²) in [6.45, 7) is 22.6. The Morgan fingerprint density at radius 1 is 1.10 bits per heavy atom. The topological polar surface area (TPSA) is 61.1 Å². The van der Waals surface area contributed by atoms with Gasteiger partial charge in [0.05, 0.1) is 6.07 Å². The number of hydrogen-bond acceptors (Lipinski definition) is 2. The molecule has 0 atom stereocenters. The fourth-order valence-electron chi connectivity index (χ4n) is 0.285. The van der Waals surface area contributed by atoms with Gasteiger partial charge in [-0.15, -0.1) is 0 Å². The third kappa shape index (κ3) is 110. The van der Waals surface area contributed by atoms with Crippen LogP contribution in [0.15, 0.2) is 74.4 Å². The fourth-order valence-corrected chi connectivity index (χ4v) is 0.285. The lowest BCUT2D eigenvalue weighted by molar-refractivity contribution is -0.131.